The molecule has 0 saturated carbocycles. The van der Waals surface area contributed by atoms with Crippen LogP contribution in [-0.4, -0.2) is 51.9 Å². The first-order valence-corrected chi connectivity index (χ1v) is 16.4. The fourth-order valence-corrected chi connectivity index (χ4v) is 6.79. The van der Waals surface area contributed by atoms with Crippen molar-refractivity contribution in [1.82, 2.24) is 10.2 Å². The predicted octanol–water partition coefficient (Wildman–Crippen LogP) is 6.00. The Kier molecular flexibility index (Phi) is 11.1. The van der Waals surface area contributed by atoms with Gasteiger partial charge in [-0.25, -0.2) is 8.42 Å². The predicted molar refractivity (Wildman–Crippen MR) is 176 cm³/mol. The molecule has 1 atom stereocenters. The second-order valence-corrected chi connectivity index (χ2v) is 13.3. The van der Waals surface area contributed by atoms with E-state index in [2.05, 4.69) is 21.2 Å². The van der Waals surface area contributed by atoms with Crippen molar-refractivity contribution < 1.29 is 22.7 Å². The van der Waals surface area contributed by atoms with Crippen LogP contribution in [0.2, 0.25) is 5.02 Å². The number of hydrogen-bond acceptors (Lipinski definition) is 5. The van der Waals surface area contributed by atoms with Gasteiger partial charge in [-0.3, -0.25) is 13.9 Å². The second kappa shape index (κ2) is 14.7. The smallest absolute Gasteiger partial charge is 0.264 e. The van der Waals surface area contributed by atoms with Gasteiger partial charge in [0.15, 0.2) is 0 Å². The molecule has 0 aliphatic rings. The molecule has 0 aliphatic carbocycles. The van der Waals surface area contributed by atoms with E-state index in [0.717, 1.165) is 25.5 Å². The van der Waals surface area contributed by atoms with Gasteiger partial charge in [0.25, 0.3) is 10.0 Å². The molecular weight excluding hydrogens is 666 g/mol. The average Bonchev–Trinajstić information content (AvgIpc) is 3.01. The number of sulfonamides is 1. The lowest BCUT2D eigenvalue weighted by Gasteiger charge is -2.34. The summed E-state index contributed by atoms with van der Waals surface area (Å²) >= 11 is 9.80. The van der Waals surface area contributed by atoms with Crippen molar-refractivity contribution >= 4 is 55.1 Å². The molecule has 0 aromatic heterocycles. The van der Waals surface area contributed by atoms with E-state index in [0.29, 0.717) is 0 Å². The number of benzene rings is 4. The molecule has 8 nitrogen and oxygen atoms in total. The van der Waals surface area contributed by atoms with Crippen molar-refractivity contribution in [2.75, 3.05) is 25.0 Å². The molecule has 0 heterocycles. The number of anilines is 1. The van der Waals surface area contributed by atoms with Gasteiger partial charge in [-0.2, -0.15) is 0 Å². The van der Waals surface area contributed by atoms with Gasteiger partial charge in [0, 0.05) is 29.5 Å². The fraction of sp³-hybridized carbons (Fsp3) is 0.212. The SMILES string of the molecule is CNC(=O)[C@H](Cc1ccccc1)N(Cc1cccc(Br)c1)C(=O)CN(c1cc(Cl)ccc1OC)S(=O)(=O)c1ccc(C)cc1. The molecule has 2 amide bonds. The largest absolute Gasteiger partial charge is 0.495 e. The number of carbonyl (C=O) groups excluding carboxylic acids is 2. The minimum atomic E-state index is -4.30. The molecule has 4 aromatic rings. The lowest BCUT2D eigenvalue weighted by Crippen LogP contribution is -2.53. The maximum absolute atomic E-state index is 14.4. The molecule has 11 heteroatoms. The zero-order chi connectivity index (χ0) is 31.9. The van der Waals surface area contributed by atoms with Crippen LogP contribution in [0.5, 0.6) is 5.75 Å². The minimum absolute atomic E-state index is 0.0106. The molecular formula is C33H33BrClN3O5S. The first-order valence-electron chi connectivity index (χ1n) is 13.8. The van der Waals surface area contributed by atoms with Gasteiger partial charge in [0.2, 0.25) is 11.8 Å². The first kappa shape index (κ1) is 33.0. The summed E-state index contributed by atoms with van der Waals surface area (Å²) in [5.41, 5.74) is 2.56. The van der Waals surface area contributed by atoms with Gasteiger partial charge in [-0.05, 0) is 60.5 Å². The van der Waals surface area contributed by atoms with Crippen molar-refractivity contribution in [3.05, 3.63) is 123 Å². The number of likely N-dealkylation sites (N-methyl/N-ethyl adjacent to an activating group) is 1. The summed E-state index contributed by atoms with van der Waals surface area (Å²) in [6.07, 6.45) is 0.214. The quantitative estimate of drug-likeness (QED) is 0.196. The number of amides is 2. The van der Waals surface area contributed by atoms with Crippen LogP contribution < -0.4 is 14.4 Å². The third kappa shape index (κ3) is 7.99. The number of hydrogen-bond donors (Lipinski definition) is 1. The molecule has 0 saturated heterocycles. The Hall–Kier alpha value is -3.86. The highest BCUT2D eigenvalue weighted by Gasteiger charge is 2.35. The van der Waals surface area contributed by atoms with Crippen LogP contribution in [0.4, 0.5) is 5.69 Å². The summed E-state index contributed by atoms with van der Waals surface area (Å²) in [5.74, 6) is -0.763. The van der Waals surface area contributed by atoms with Crippen LogP contribution in [0.1, 0.15) is 16.7 Å². The Labute approximate surface area is 271 Å². The van der Waals surface area contributed by atoms with Gasteiger partial charge >= 0.3 is 0 Å². The average molecular weight is 699 g/mol. The van der Waals surface area contributed by atoms with Gasteiger partial charge in [-0.15, -0.1) is 0 Å². The number of halogens is 2. The third-order valence-corrected chi connectivity index (χ3v) is 9.56. The Bertz CT molecular complexity index is 1720. The Morgan fingerprint density at radius 3 is 2.25 bits per heavy atom. The van der Waals surface area contributed by atoms with Crippen molar-refractivity contribution in [3.8, 4) is 5.75 Å². The van der Waals surface area contributed by atoms with E-state index in [9.17, 15) is 18.0 Å². The molecule has 4 rings (SSSR count). The molecule has 0 aliphatic heterocycles. The number of carbonyl (C=O) groups is 2. The molecule has 0 spiro atoms. The van der Waals surface area contributed by atoms with E-state index < -0.39 is 28.5 Å². The lowest BCUT2D eigenvalue weighted by atomic mass is 10.0. The van der Waals surface area contributed by atoms with E-state index in [4.69, 9.17) is 16.3 Å². The molecule has 0 unspecified atom stereocenters. The summed E-state index contributed by atoms with van der Waals surface area (Å²) < 4.78 is 35.7. The Morgan fingerprint density at radius 2 is 1.61 bits per heavy atom. The molecule has 44 heavy (non-hydrogen) atoms. The molecule has 230 valence electrons. The number of rotatable bonds is 12. The van der Waals surface area contributed by atoms with Crippen LogP contribution in [-0.2, 0) is 32.6 Å². The van der Waals surface area contributed by atoms with E-state index in [-0.39, 0.29) is 40.2 Å². The summed E-state index contributed by atoms with van der Waals surface area (Å²) in [5, 5.41) is 2.94. The van der Waals surface area contributed by atoms with Crippen molar-refractivity contribution in [2.45, 2.75) is 30.8 Å². The lowest BCUT2D eigenvalue weighted by molar-refractivity contribution is -0.139. The van der Waals surface area contributed by atoms with Crippen LogP contribution in [0.25, 0.3) is 0 Å². The number of nitrogens with one attached hydrogen (secondary N) is 1. The van der Waals surface area contributed by atoms with Crippen LogP contribution in [0.15, 0.2) is 106 Å². The third-order valence-electron chi connectivity index (χ3n) is 7.06. The van der Waals surface area contributed by atoms with E-state index in [1.807, 2.05) is 61.5 Å². The van der Waals surface area contributed by atoms with Crippen LogP contribution >= 0.6 is 27.5 Å². The van der Waals surface area contributed by atoms with Crippen molar-refractivity contribution in [1.29, 1.82) is 0 Å². The van der Waals surface area contributed by atoms with Gasteiger partial charge < -0.3 is 15.0 Å². The molecule has 0 radical (unpaired) electrons. The minimum Gasteiger partial charge on any atom is -0.495 e. The number of methoxy groups -OCH3 is 1. The standard InChI is InChI=1S/C33H33BrClN3O5S/c1-23-12-15-28(16-13-23)44(41,42)38(29-20-27(35)14-17-31(29)43-3)22-32(39)37(21-25-10-7-11-26(34)18-25)30(33(40)36-2)19-24-8-5-4-6-9-24/h4-18,20,30H,19,21-22H2,1-3H3,(H,36,40)/t30-/m0/s1. The van der Waals surface area contributed by atoms with Crippen LogP contribution in [0, 0.1) is 6.92 Å². The van der Waals surface area contributed by atoms with Crippen LogP contribution in [0.3, 0.4) is 0 Å². The Morgan fingerprint density at radius 1 is 0.932 bits per heavy atom. The number of aryl methyl sites for hydroxylation is 1. The fourth-order valence-electron chi connectivity index (χ4n) is 4.76. The highest BCUT2D eigenvalue weighted by Crippen LogP contribution is 2.35. The maximum Gasteiger partial charge on any atom is 0.264 e. The van der Waals surface area contributed by atoms with E-state index in [1.165, 1.54) is 37.3 Å². The second-order valence-electron chi connectivity index (χ2n) is 10.1. The van der Waals surface area contributed by atoms with E-state index in [1.54, 1.807) is 24.3 Å². The monoisotopic (exact) mass is 697 g/mol. The van der Waals surface area contributed by atoms with Gasteiger partial charge in [-0.1, -0.05) is 87.7 Å². The van der Waals surface area contributed by atoms with Crippen molar-refractivity contribution in [2.24, 2.45) is 0 Å². The van der Waals surface area contributed by atoms with E-state index >= 15 is 0 Å². The summed E-state index contributed by atoms with van der Waals surface area (Å²) in [4.78, 5) is 29.2. The topological polar surface area (TPSA) is 96.0 Å². The summed E-state index contributed by atoms with van der Waals surface area (Å²) in [6, 6.07) is 26.7. The van der Waals surface area contributed by atoms with Gasteiger partial charge in [0.1, 0.15) is 18.3 Å². The summed E-state index contributed by atoms with van der Waals surface area (Å²) in [6.45, 7) is 1.28. The van der Waals surface area contributed by atoms with Gasteiger partial charge in [0.05, 0.1) is 17.7 Å². The molecule has 4 aromatic carbocycles. The maximum atomic E-state index is 14.4. The highest BCUT2D eigenvalue weighted by atomic mass is 79.9. The Balaban J connectivity index is 1.84. The number of nitrogens with zero attached hydrogens (tertiary/aromatic N) is 2. The molecule has 1 N–H and O–H groups in total. The highest BCUT2D eigenvalue weighted by molar-refractivity contribution is 9.10. The first-order chi connectivity index (χ1) is 21.0. The summed E-state index contributed by atoms with van der Waals surface area (Å²) in [7, 11) is -1.38. The number of ether oxygens (including phenoxy) is 1. The van der Waals surface area contributed by atoms with Crippen molar-refractivity contribution in [3.63, 3.8) is 0 Å². The zero-order valence-electron chi connectivity index (χ0n) is 24.5. The zero-order valence-corrected chi connectivity index (χ0v) is 27.7. The molecule has 0 bridgehead atoms. The molecule has 0 fully saturated rings. The normalized spacial score (nSPS) is 11.8.